The van der Waals surface area contributed by atoms with Crippen LogP contribution in [0.15, 0.2) is 33.6 Å². The van der Waals surface area contributed by atoms with Crippen LogP contribution in [-0.4, -0.2) is 40.1 Å². The minimum absolute atomic E-state index is 0.00421. The summed E-state index contributed by atoms with van der Waals surface area (Å²) in [5.41, 5.74) is 1.16. The van der Waals surface area contributed by atoms with Crippen LogP contribution in [0.25, 0.3) is 10.6 Å². The van der Waals surface area contributed by atoms with Crippen LogP contribution in [0, 0.1) is 6.92 Å². The summed E-state index contributed by atoms with van der Waals surface area (Å²) in [5.74, 6) is 0.480. The smallest absolute Gasteiger partial charge is 0.273 e. The zero-order chi connectivity index (χ0) is 15.8. The molecule has 8 heteroatoms. The summed E-state index contributed by atoms with van der Waals surface area (Å²) in [5, 5.41) is 8.51. The van der Waals surface area contributed by atoms with Gasteiger partial charge < -0.3 is 14.2 Å². The number of likely N-dealkylation sites (tertiary alicyclic amines) is 1. The summed E-state index contributed by atoms with van der Waals surface area (Å²) in [6.45, 7) is 2.86. The average molecular weight is 347 g/mol. The molecule has 0 bridgehead atoms. The number of aryl methyl sites for hydroxylation is 1. The van der Waals surface area contributed by atoms with Crippen LogP contribution in [0.2, 0.25) is 0 Å². The van der Waals surface area contributed by atoms with Crippen molar-refractivity contribution in [3.63, 3.8) is 0 Å². The largest absolute Gasteiger partial charge is 0.463 e. The Morgan fingerprint density at radius 1 is 1.39 bits per heavy atom. The van der Waals surface area contributed by atoms with Gasteiger partial charge in [-0.15, -0.1) is 11.3 Å². The summed E-state index contributed by atoms with van der Waals surface area (Å²) >= 11 is 2.99. The van der Waals surface area contributed by atoms with E-state index in [-0.39, 0.29) is 12.0 Å². The molecule has 4 heterocycles. The molecular weight excluding hydrogens is 334 g/mol. The van der Waals surface area contributed by atoms with Gasteiger partial charge in [0.25, 0.3) is 11.1 Å². The molecule has 4 rings (SSSR count). The molecule has 1 amide bonds. The lowest BCUT2D eigenvalue weighted by Crippen LogP contribution is -2.56. The van der Waals surface area contributed by atoms with E-state index in [0.29, 0.717) is 35.3 Å². The Morgan fingerprint density at radius 2 is 2.26 bits per heavy atom. The molecule has 3 aromatic rings. The van der Waals surface area contributed by atoms with Crippen molar-refractivity contribution in [2.45, 2.75) is 13.0 Å². The van der Waals surface area contributed by atoms with Crippen LogP contribution in [0.4, 0.5) is 0 Å². The molecule has 0 aliphatic carbocycles. The zero-order valence-electron chi connectivity index (χ0n) is 12.3. The number of carbonyl (C=O) groups excluding carboxylic acids is 1. The first-order valence-electron chi connectivity index (χ1n) is 7.08. The van der Waals surface area contributed by atoms with E-state index in [4.69, 9.17) is 9.26 Å². The maximum atomic E-state index is 12.7. The Labute approximate surface area is 140 Å². The molecule has 0 atom stereocenters. The molecule has 23 heavy (non-hydrogen) atoms. The number of rotatable bonds is 4. The second kappa shape index (κ2) is 5.78. The Morgan fingerprint density at radius 3 is 2.96 bits per heavy atom. The van der Waals surface area contributed by atoms with Crippen LogP contribution >= 0.6 is 22.7 Å². The predicted octanol–water partition coefficient (Wildman–Crippen LogP) is 3.07. The van der Waals surface area contributed by atoms with E-state index in [9.17, 15) is 4.79 Å². The first-order chi connectivity index (χ1) is 11.2. The van der Waals surface area contributed by atoms with Gasteiger partial charge in [0.15, 0.2) is 0 Å². The third-order valence-electron chi connectivity index (χ3n) is 3.64. The maximum absolute atomic E-state index is 12.7. The van der Waals surface area contributed by atoms with Crippen molar-refractivity contribution in [2.24, 2.45) is 0 Å². The number of carbonyl (C=O) groups is 1. The van der Waals surface area contributed by atoms with Gasteiger partial charge in [-0.25, -0.2) is 4.98 Å². The van der Waals surface area contributed by atoms with Gasteiger partial charge in [-0.05, 0) is 18.4 Å². The number of thiazole rings is 1. The monoisotopic (exact) mass is 347 g/mol. The van der Waals surface area contributed by atoms with Crippen molar-refractivity contribution < 1.29 is 14.1 Å². The minimum atomic E-state index is -0.0638. The lowest BCUT2D eigenvalue weighted by molar-refractivity contribution is 0.0176. The Hall–Kier alpha value is -2.19. The van der Waals surface area contributed by atoms with Gasteiger partial charge in [0.2, 0.25) is 0 Å². The van der Waals surface area contributed by atoms with Gasteiger partial charge in [0.05, 0.1) is 18.0 Å². The summed E-state index contributed by atoms with van der Waals surface area (Å²) < 4.78 is 10.9. The fourth-order valence-electron chi connectivity index (χ4n) is 2.45. The van der Waals surface area contributed by atoms with Crippen LogP contribution < -0.4 is 4.74 Å². The molecule has 118 valence electrons. The van der Waals surface area contributed by atoms with E-state index in [0.717, 1.165) is 4.88 Å². The standard InChI is InChI=1S/C15H13N3O3S2/c1-9-12(13(17-21-9)11-3-2-5-22-11)14(19)18-7-10(8-18)20-15-16-4-6-23-15/h2-6,10H,7-8H2,1H3. The van der Waals surface area contributed by atoms with Crippen LogP contribution in [0.1, 0.15) is 16.1 Å². The molecule has 0 spiro atoms. The summed E-state index contributed by atoms with van der Waals surface area (Å²) in [7, 11) is 0. The van der Waals surface area contributed by atoms with Crippen molar-refractivity contribution in [1.29, 1.82) is 0 Å². The molecule has 0 radical (unpaired) electrons. The molecule has 0 N–H and O–H groups in total. The van der Waals surface area contributed by atoms with Crippen molar-refractivity contribution in [3.8, 4) is 15.8 Å². The molecular formula is C15H13N3O3S2. The Balaban J connectivity index is 1.48. The lowest BCUT2D eigenvalue weighted by atomic mass is 10.1. The number of hydrogen-bond donors (Lipinski definition) is 0. The molecule has 1 fully saturated rings. The van der Waals surface area contributed by atoms with Crippen molar-refractivity contribution in [3.05, 3.63) is 40.4 Å². The maximum Gasteiger partial charge on any atom is 0.273 e. The molecule has 0 saturated carbocycles. The third kappa shape index (κ3) is 2.64. The van der Waals surface area contributed by atoms with Crippen LogP contribution in [0.5, 0.6) is 5.19 Å². The van der Waals surface area contributed by atoms with E-state index < -0.39 is 0 Å². The number of nitrogens with zero attached hydrogens (tertiary/aromatic N) is 3. The van der Waals surface area contributed by atoms with Gasteiger partial charge in [-0.2, -0.15) is 0 Å². The highest BCUT2D eigenvalue weighted by molar-refractivity contribution is 7.13. The molecule has 0 unspecified atom stereocenters. The summed E-state index contributed by atoms with van der Waals surface area (Å²) in [4.78, 5) is 19.5. The highest BCUT2D eigenvalue weighted by Crippen LogP contribution is 2.31. The van der Waals surface area contributed by atoms with E-state index in [1.807, 2.05) is 22.9 Å². The zero-order valence-corrected chi connectivity index (χ0v) is 13.9. The van der Waals surface area contributed by atoms with Crippen molar-refractivity contribution >= 4 is 28.6 Å². The molecule has 1 aliphatic heterocycles. The fraction of sp³-hybridized carbons (Fsp3) is 0.267. The first kappa shape index (κ1) is 14.4. The second-order valence-corrected chi connectivity index (χ2v) is 6.99. The molecule has 3 aromatic heterocycles. The lowest BCUT2D eigenvalue weighted by Gasteiger charge is -2.38. The van der Waals surface area contributed by atoms with Crippen LogP contribution in [0.3, 0.4) is 0 Å². The molecule has 1 aliphatic rings. The first-order valence-corrected chi connectivity index (χ1v) is 8.84. The number of thiophene rings is 1. The van der Waals surface area contributed by atoms with Gasteiger partial charge in [0.1, 0.15) is 23.1 Å². The molecule has 1 saturated heterocycles. The topological polar surface area (TPSA) is 68.5 Å². The molecule has 0 aromatic carbocycles. The SMILES string of the molecule is Cc1onc(-c2cccs2)c1C(=O)N1CC(Oc2nccs2)C1. The van der Waals surface area contributed by atoms with Gasteiger partial charge in [-0.1, -0.05) is 22.6 Å². The number of hydrogen-bond acceptors (Lipinski definition) is 7. The van der Waals surface area contributed by atoms with Gasteiger partial charge >= 0.3 is 0 Å². The highest BCUT2D eigenvalue weighted by Gasteiger charge is 2.36. The predicted molar refractivity (Wildman–Crippen MR) is 87.0 cm³/mol. The number of ether oxygens (including phenoxy) is 1. The van der Waals surface area contributed by atoms with E-state index >= 15 is 0 Å². The number of aromatic nitrogens is 2. The van der Waals surface area contributed by atoms with Crippen molar-refractivity contribution in [1.82, 2.24) is 15.0 Å². The average Bonchev–Trinajstić information content (AvgIpc) is 3.22. The molecule has 6 nitrogen and oxygen atoms in total. The quantitative estimate of drug-likeness (QED) is 0.725. The second-order valence-electron chi connectivity index (χ2n) is 5.19. The normalized spacial score (nSPS) is 14.7. The van der Waals surface area contributed by atoms with E-state index in [1.165, 1.54) is 22.7 Å². The summed E-state index contributed by atoms with van der Waals surface area (Å²) in [6.07, 6.45) is 1.70. The Bertz CT molecular complexity index is 805. The van der Waals surface area contributed by atoms with Crippen molar-refractivity contribution in [2.75, 3.05) is 13.1 Å². The van der Waals surface area contributed by atoms with Crippen LogP contribution in [-0.2, 0) is 0 Å². The van der Waals surface area contributed by atoms with Gasteiger partial charge in [0, 0.05) is 11.6 Å². The highest BCUT2D eigenvalue weighted by atomic mass is 32.1. The van der Waals surface area contributed by atoms with Gasteiger partial charge in [-0.3, -0.25) is 4.79 Å². The number of amides is 1. The Kier molecular flexibility index (Phi) is 3.62. The fourth-order valence-corrected chi connectivity index (χ4v) is 3.72. The van der Waals surface area contributed by atoms with E-state index in [1.54, 1.807) is 18.0 Å². The minimum Gasteiger partial charge on any atom is -0.463 e. The summed E-state index contributed by atoms with van der Waals surface area (Å²) in [6, 6.07) is 3.86. The third-order valence-corrected chi connectivity index (χ3v) is 5.18. The van der Waals surface area contributed by atoms with E-state index in [2.05, 4.69) is 10.1 Å².